The lowest BCUT2D eigenvalue weighted by Crippen LogP contribution is -1.92. The molecule has 0 unspecified atom stereocenters. The Labute approximate surface area is 105 Å². The lowest BCUT2D eigenvalue weighted by molar-refractivity contribution is 0.281. The molecule has 90 valence electrons. The third kappa shape index (κ3) is 2.59. The zero-order valence-corrected chi connectivity index (χ0v) is 9.63. The van der Waals surface area contributed by atoms with E-state index < -0.39 is 0 Å². The molecule has 2 aromatic rings. The molecule has 2 aromatic carbocycles. The lowest BCUT2D eigenvalue weighted by Gasteiger charge is -2.07. The van der Waals surface area contributed by atoms with E-state index >= 15 is 0 Å². The van der Waals surface area contributed by atoms with Crippen LogP contribution >= 0.6 is 0 Å². The zero-order chi connectivity index (χ0) is 13.0. The predicted octanol–water partition coefficient (Wildman–Crippen LogP) is 2.43. The smallest absolute Gasteiger partial charge is 0.128 e. The summed E-state index contributed by atoms with van der Waals surface area (Å²) in [7, 11) is 0. The molecule has 0 aliphatic heterocycles. The molecule has 0 amide bonds. The highest BCUT2D eigenvalue weighted by atomic mass is 16.5. The number of rotatable bonds is 3. The second-order valence-corrected chi connectivity index (χ2v) is 3.77. The molecular weight excluding hydrogens is 228 g/mol. The minimum atomic E-state index is -0.0393. The van der Waals surface area contributed by atoms with Gasteiger partial charge in [-0.1, -0.05) is 12.1 Å². The van der Waals surface area contributed by atoms with E-state index in [1.165, 1.54) is 0 Å². The van der Waals surface area contributed by atoms with E-state index in [1.807, 2.05) is 6.07 Å². The Balaban J connectivity index is 2.26. The van der Waals surface area contributed by atoms with Crippen LogP contribution in [-0.4, -0.2) is 5.11 Å². The number of benzene rings is 2. The maximum atomic E-state index is 9.03. The van der Waals surface area contributed by atoms with Crippen molar-refractivity contribution in [2.24, 2.45) is 0 Å². The van der Waals surface area contributed by atoms with Crippen LogP contribution in [0.15, 0.2) is 42.5 Å². The predicted molar refractivity (Wildman–Crippen MR) is 68.0 cm³/mol. The van der Waals surface area contributed by atoms with Gasteiger partial charge in [0.2, 0.25) is 0 Å². The fourth-order valence-electron chi connectivity index (χ4n) is 1.54. The number of nitrogens with zero attached hydrogens (tertiary/aromatic N) is 1. The van der Waals surface area contributed by atoms with Gasteiger partial charge in [0.1, 0.15) is 17.6 Å². The number of ether oxygens (including phenoxy) is 1. The normalized spacial score (nSPS) is 9.78. The van der Waals surface area contributed by atoms with Crippen molar-refractivity contribution in [3.05, 3.63) is 53.6 Å². The first-order chi connectivity index (χ1) is 8.72. The molecule has 0 aromatic heterocycles. The maximum Gasteiger partial charge on any atom is 0.128 e. The summed E-state index contributed by atoms with van der Waals surface area (Å²) < 4.78 is 5.60. The van der Waals surface area contributed by atoms with Crippen molar-refractivity contribution in [2.75, 3.05) is 5.73 Å². The second-order valence-electron chi connectivity index (χ2n) is 3.77. The van der Waals surface area contributed by atoms with Crippen LogP contribution in [0.4, 0.5) is 5.69 Å². The van der Waals surface area contributed by atoms with Crippen molar-refractivity contribution in [3.63, 3.8) is 0 Å². The molecule has 4 heteroatoms. The molecule has 0 atom stereocenters. The van der Waals surface area contributed by atoms with Gasteiger partial charge >= 0.3 is 0 Å². The standard InChI is InChI=1S/C14H12N2O2/c15-8-11-7-13(4-5-14(11)16)18-12-3-1-2-10(6-12)9-17/h1-7,17H,9,16H2. The highest BCUT2D eigenvalue weighted by Gasteiger charge is 2.03. The monoisotopic (exact) mass is 240 g/mol. The molecular formula is C14H12N2O2. The van der Waals surface area contributed by atoms with E-state index in [-0.39, 0.29) is 6.61 Å². The van der Waals surface area contributed by atoms with Gasteiger partial charge in [-0.3, -0.25) is 0 Å². The van der Waals surface area contributed by atoms with E-state index in [9.17, 15) is 0 Å². The van der Waals surface area contributed by atoms with Crippen LogP contribution < -0.4 is 10.5 Å². The van der Waals surface area contributed by atoms with Gasteiger partial charge in [0.15, 0.2) is 0 Å². The number of hydrogen-bond donors (Lipinski definition) is 2. The summed E-state index contributed by atoms with van der Waals surface area (Å²) in [5.74, 6) is 1.14. The van der Waals surface area contributed by atoms with Gasteiger partial charge in [-0.05, 0) is 29.8 Å². The molecule has 0 aliphatic rings. The molecule has 0 aliphatic carbocycles. The summed E-state index contributed by atoms with van der Waals surface area (Å²) in [6.07, 6.45) is 0. The van der Waals surface area contributed by atoms with E-state index in [1.54, 1.807) is 42.5 Å². The Morgan fingerprint density at radius 3 is 2.67 bits per heavy atom. The van der Waals surface area contributed by atoms with Gasteiger partial charge in [0.25, 0.3) is 0 Å². The van der Waals surface area contributed by atoms with Gasteiger partial charge in [-0.15, -0.1) is 0 Å². The van der Waals surface area contributed by atoms with Crippen LogP contribution in [0.25, 0.3) is 0 Å². The zero-order valence-electron chi connectivity index (χ0n) is 9.63. The molecule has 3 N–H and O–H groups in total. The van der Waals surface area contributed by atoms with Crippen molar-refractivity contribution < 1.29 is 9.84 Å². The Kier molecular flexibility index (Phi) is 3.46. The lowest BCUT2D eigenvalue weighted by atomic mass is 10.2. The summed E-state index contributed by atoms with van der Waals surface area (Å²) in [6, 6.07) is 14.0. The van der Waals surface area contributed by atoms with Gasteiger partial charge in [0, 0.05) is 11.8 Å². The number of aliphatic hydroxyl groups is 1. The van der Waals surface area contributed by atoms with Gasteiger partial charge in [-0.2, -0.15) is 5.26 Å². The van der Waals surface area contributed by atoms with Crippen LogP contribution in [0.3, 0.4) is 0 Å². The Morgan fingerprint density at radius 1 is 1.17 bits per heavy atom. The summed E-state index contributed by atoms with van der Waals surface area (Å²) >= 11 is 0. The van der Waals surface area contributed by atoms with E-state index in [0.717, 1.165) is 5.56 Å². The van der Waals surface area contributed by atoms with E-state index in [0.29, 0.717) is 22.7 Å². The van der Waals surface area contributed by atoms with Gasteiger partial charge in [0.05, 0.1) is 12.2 Å². The molecule has 0 fully saturated rings. The second kappa shape index (κ2) is 5.21. The maximum absolute atomic E-state index is 9.03. The molecule has 0 spiro atoms. The van der Waals surface area contributed by atoms with Crippen molar-refractivity contribution in [1.29, 1.82) is 5.26 Å². The quantitative estimate of drug-likeness (QED) is 0.807. The number of nitrogen functional groups attached to an aromatic ring is 1. The number of nitrogens with two attached hydrogens (primary N) is 1. The Morgan fingerprint density at radius 2 is 1.94 bits per heavy atom. The largest absolute Gasteiger partial charge is 0.457 e. The van der Waals surface area contributed by atoms with E-state index in [4.69, 9.17) is 20.8 Å². The third-order valence-corrected chi connectivity index (χ3v) is 2.46. The number of hydrogen-bond acceptors (Lipinski definition) is 4. The van der Waals surface area contributed by atoms with Crippen molar-refractivity contribution in [2.45, 2.75) is 6.61 Å². The number of anilines is 1. The number of nitriles is 1. The van der Waals surface area contributed by atoms with Crippen LogP contribution in [0.1, 0.15) is 11.1 Å². The molecule has 18 heavy (non-hydrogen) atoms. The number of aliphatic hydroxyl groups excluding tert-OH is 1. The highest BCUT2D eigenvalue weighted by Crippen LogP contribution is 2.25. The minimum absolute atomic E-state index is 0.0393. The molecule has 0 heterocycles. The molecule has 2 rings (SSSR count). The summed E-state index contributed by atoms with van der Waals surface area (Å²) in [5, 5.41) is 17.9. The van der Waals surface area contributed by atoms with Crippen molar-refractivity contribution >= 4 is 5.69 Å². The first-order valence-electron chi connectivity index (χ1n) is 5.40. The van der Waals surface area contributed by atoms with Crippen LogP contribution in [0.5, 0.6) is 11.5 Å². The van der Waals surface area contributed by atoms with Gasteiger partial charge in [-0.25, -0.2) is 0 Å². The van der Waals surface area contributed by atoms with Gasteiger partial charge < -0.3 is 15.6 Å². The fraction of sp³-hybridized carbons (Fsp3) is 0.0714. The SMILES string of the molecule is N#Cc1cc(Oc2cccc(CO)c2)ccc1N. The highest BCUT2D eigenvalue weighted by molar-refractivity contribution is 5.57. The van der Waals surface area contributed by atoms with E-state index in [2.05, 4.69) is 0 Å². The Hall–Kier alpha value is -2.51. The molecule has 0 saturated heterocycles. The van der Waals surface area contributed by atoms with Crippen LogP contribution in [-0.2, 0) is 6.61 Å². The third-order valence-electron chi connectivity index (χ3n) is 2.46. The molecule has 0 radical (unpaired) electrons. The molecule has 0 saturated carbocycles. The average Bonchev–Trinajstić information content (AvgIpc) is 2.41. The minimum Gasteiger partial charge on any atom is -0.457 e. The van der Waals surface area contributed by atoms with Crippen LogP contribution in [0.2, 0.25) is 0 Å². The Bertz CT molecular complexity index is 603. The molecule has 4 nitrogen and oxygen atoms in total. The first kappa shape index (κ1) is 12.0. The van der Waals surface area contributed by atoms with Crippen molar-refractivity contribution in [3.8, 4) is 17.6 Å². The average molecular weight is 240 g/mol. The summed E-state index contributed by atoms with van der Waals surface area (Å²) in [4.78, 5) is 0. The summed E-state index contributed by atoms with van der Waals surface area (Å²) in [5.41, 5.74) is 7.20. The topological polar surface area (TPSA) is 79.3 Å². The van der Waals surface area contributed by atoms with Crippen LogP contribution in [0, 0.1) is 11.3 Å². The fourth-order valence-corrected chi connectivity index (χ4v) is 1.54. The first-order valence-corrected chi connectivity index (χ1v) is 5.40. The summed E-state index contributed by atoms with van der Waals surface area (Å²) in [6.45, 7) is -0.0393. The van der Waals surface area contributed by atoms with Crippen molar-refractivity contribution in [1.82, 2.24) is 0 Å². The molecule has 0 bridgehead atoms.